The molecule has 2 unspecified atom stereocenters. The minimum absolute atomic E-state index is 0.0933. The summed E-state index contributed by atoms with van der Waals surface area (Å²) in [5, 5.41) is 0. The van der Waals surface area contributed by atoms with Crippen molar-refractivity contribution in [2.45, 2.75) is 45.9 Å². The molecule has 2 rings (SSSR count). The van der Waals surface area contributed by atoms with Gasteiger partial charge in [0.25, 0.3) is 5.91 Å². The van der Waals surface area contributed by atoms with Crippen LogP contribution < -0.4 is 0 Å². The highest BCUT2D eigenvalue weighted by Crippen LogP contribution is 2.24. The van der Waals surface area contributed by atoms with E-state index < -0.39 is 6.04 Å². The van der Waals surface area contributed by atoms with E-state index in [2.05, 4.69) is 0 Å². The third-order valence-electron chi connectivity index (χ3n) is 3.55. The lowest BCUT2D eigenvalue weighted by molar-refractivity contribution is -0.153. The highest BCUT2D eigenvalue weighted by Gasteiger charge is 2.34. The number of carbonyl (C=O) groups is 2. The number of benzene rings is 1. The summed E-state index contributed by atoms with van der Waals surface area (Å²) in [6, 6.07) is 6.90. The predicted molar refractivity (Wildman–Crippen MR) is 71.6 cm³/mol. The van der Waals surface area contributed by atoms with Gasteiger partial charge >= 0.3 is 5.97 Å². The van der Waals surface area contributed by atoms with Crippen LogP contribution in [0.1, 0.15) is 43.1 Å². The standard InChI is InChI=1S/C15H19NO3/c1-4-10(2)19-15(18)11(3)16-9-12-7-5-6-8-13(12)14(16)17/h5-8,10-11H,4,9H2,1-3H3. The van der Waals surface area contributed by atoms with Crippen molar-refractivity contribution in [3.63, 3.8) is 0 Å². The molecule has 0 bridgehead atoms. The summed E-state index contributed by atoms with van der Waals surface area (Å²) >= 11 is 0. The van der Waals surface area contributed by atoms with E-state index in [0.29, 0.717) is 12.1 Å². The number of amides is 1. The second-order valence-corrected chi connectivity index (χ2v) is 4.92. The van der Waals surface area contributed by atoms with Gasteiger partial charge in [-0.3, -0.25) is 4.79 Å². The fourth-order valence-corrected chi connectivity index (χ4v) is 2.10. The summed E-state index contributed by atoms with van der Waals surface area (Å²) in [6.07, 6.45) is 0.655. The Kier molecular flexibility index (Phi) is 3.88. The van der Waals surface area contributed by atoms with E-state index in [-0.39, 0.29) is 18.0 Å². The van der Waals surface area contributed by atoms with Crippen LogP contribution in [-0.2, 0) is 16.1 Å². The van der Waals surface area contributed by atoms with Crippen molar-refractivity contribution in [2.24, 2.45) is 0 Å². The van der Waals surface area contributed by atoms with Crippen LogP contribution in [0, 0.1) is 0 Å². The topological polar surface area (TPSA) is 46.6 Å². The Morgan fingerprint density at radius 3 is 2.68 bits per heavy atom. The first kappa shape index (κ1) is 13.6. The molecule has 1 aromatic carbocycles. The molecule has 0 aromatic heterocycles. The molecule has 102 valence electrons. The molecule has 0 spiro atoms. The fraction of sp³-hybridized carbons (Fsp3) is 0.467. The van der Waals surface area contributed by atoms with Gasteiger partial charge in [-0.2, -0.15) is 0 Å². The maximum Gasteiger partial charge on any atom is 0.328 e. The third-order valence-corrected chi connectivity index (χ3v) is 3.55. The van der Waals surface area contributed by atoms with E-state index in [9.17, 15) is 9.59 Å². The Morgan fingerprint density at radius 2 is 2.05 bits per heavy atom. The van der Waals surface area contributed by atoms with Gasteiger partial charge in [0.1, 0.15) is 6.04 Å². The van der Waals surface area contributed by atoms with Crippen molar-refractivity contribution < 1.29 is 14.3 Å². The van der Waals surface area contributed by atoms with Crippen molar-refractivity contribution in [3.05, 3.63) is 35.4 Å². The van der Waals surface area contributed by atoms with Gasteiger partial charge in [0.2, 0.25) is 0 Å². The molecule has 0 saturated carbocycles. The quantitative estimate of drug-likeness (QED) is 0.782. The van der Waals surface area contributed by atoms with Crippen LogP contribution in [0.3, 0.4) is 0 Å². The molecule has 1 aliphatic heterocycles. The number of carbonyl (C=O) groups excluding carboxylic acids is 2. The lowest BCUT2D eigenvalue weighted by Crippen LogP contribution is -2.41. The number of ether oxygens (including phenoxy) is 1. The minimum atomic E-state index is -0.547. The first-order chi connectivity index (χ1) is 9.04. The SMILES string of the molecule is CCC(C)OC(=O)C(C)N1Cc2ccccc2C1=O. The van der Waals surface area contributed by atoms with Crippen LogP contribution in [0.4, 0.5) is 0 Å². The van der Waals surface area contributed by atoms with E-state index in [1.807, 2.05) is 32.0 Å². The van der Waals surface area contributed by atoms with E-state index >= 15 is 0 Å². The minimum Gasteiger partial charge on any atom is -0.461 e. The summed E-state index contributed by atoms with van der Waals surface area (Å²) in [5.41, 5.74) is 1.65. The molecule has 1 heterocycles. The van der Waals surface area contributed by atoms with Crippen LogP contribution in [0.5, 0.6) is 0 Å². The van der Waals surface area contributed by atoms with Gasteiger partial charge in [-0.25, -0.2) is 4.79 Å². The van der Waals surface area contributed by atoms with Crippen LogP contribution in [0.25, 0.3) is 0 Å². The summed E-state index contributed by atoms with van der Waals surface area (Å²) in [5.74, 6) is -0.431. The van der Waals surface area contributed by atoms with Gasteiger partial charge in [0.15, 0.2) is 0 Å². The smallest absolute Gasteiger partial charge is 0.328 e. The van der Waals surface area contributed by atoms with E-state index in [4.69, 9.17) is 4.74 Å². The zero-order chi connectivity index (χ0) is 14.0. The van der Waals surface area contributed by atoms with Crippen LogP contribution in [-0.4, -0.2) is 28.9 Å². The van der Waals surface area contributed by atoms with Gasteiger partial charge in [0.05, 0.1) is 6.10 Å². The first-order valence-corrected chi connectivity index (χ1v) is 6.64. The number of esters is 1. The summed E-state index contributed by atoms with van der Waals surface area (Å²) in [4.78, 5) is 25.8. The molecule has 0 radical (unpaired) electrons. The fourth-order valence-electron chi connectivity index (χ4n) is 2.10. The number of hydrogen-bond donors (Lipinski definition) is 0. The summed E-state index contributed by atoms with van der Waals surface area (Å²) in [7, 11) is 0. The Hall–Kier alpha value is -1.84. The van der Waals surface area contributed by atoms with Crippen LogP contribution >= 0.6 is 0 Å². The third kappa shape index (κ3) is 2.62. The monoisotopic (exact) mass is 261 g/mol. The maximum atomic E-state index is 12.2. The molecule has 0 saturated heterocycles. The molecule has 4 nitrogen and oxygen atoms in total. The van der Waals surface area contributed by atoms with E-state index in [0.717, 1.165) is 12.0 Å². The molecular weight excluding hydrogens is 242 g/mol. The molecule has 1 amide bonds. The van der Waals surface area contributed by atoms with Gasteiger partial charge in [-0.15, -0.1) is 0 Å². The summed E-state index contributed by atoms with van der Waals surface area (Å²) < 4.78 is 5.29. The number of fused-ring (bicyclic) bond motifs is 1. The lowest BCUT2D eigenvalue weighted by atomic mass is 10.1. The second kappa shape index (κ2) is 5.43. The number of rotatable bonds is 4. The predicted octanol–water partition coefficient (Wildman–Crippen LogP) is 2.37. The van der Waals surface area contributed by atoms with E-state index in [1.54, 1.807) is 17.9 Å². The second-order valence-electron chi connectivity index (χ2n) is 4.92. The van der Waals surface area contributed by atoms with Crippen molar-refractivity contribution >= 4 is 11.9 Å². The largest absolute Gasteiger partial charge is 0.461 e. The number of hydrogen-bond acceptors (Lipinski definition) is 3. The molecule has 4 heteroatoms. The van der Waals surface area contributed by atoms with Gasteiger partial charge in [-0.05, 0) is 31.9 Å². The normalized spacial score (nSPS) is 17.0. The molecule has 0 aliphatic carbocycles. The van der Waals surface area contributed by atoms with Gasteiger partial charge < -0.3 is 9.64 Å². The molecule has 1 aliphatic rings. The van der Waals surface area contributed by atoms with Crippen LogP contribution in [0.2, 0.25) is 0 Å². The molecule has 2 atom stereocenters. The van der Waals surface area contributed by atoms with Crippen LogP contribution in [0.15, 0.2) is 24.3 Å². The zero-order valence-corrected chi connectivity index (χ0v) is 11.6. The van der Waals surface area contributed by atoms with Gasteiger partial charge in [-0.1, -0.05) is 25.1 Å². The molecular formula is C15H19NO3. The Balaban J connectivity index is 2.09. The number of nitrogens with zero attached hydrogens (tertiary/aromatic N) is 1. The van der Waals surface area contributed by atoms with Crippen molar-refractivity contribution in [1.82, 2.24) is 4.90 Å². The van der Waals surface area contributed by atoms with E-state index in [1.165, 1.54) is 0 Å². The molecule has 0 N–H and O–H groups in total. The molecule has 1 aromatic rings. The zero-order valence-electron chi connectivity index (χ0n) is 11.6. The van der Waals surface area contributed by atoms with Crippen molar-refractivity contribution in [2.75, 3.05) is 0 Å². The Labute approximate surface area is 113 Å². The molecule has 19 heavy (non-hydrogen) atoms. The highest BCUT2D eigenvalue weighted by atomic mass is 16.5. The van der Waals surface area contributed by atoms with Gasteiger partial charge in [0, 0.05) is 12.1 Å². The maximum absolute atomic E-state index is 12.2. The highest BCUT2D eigenvalue weighted by molar-refractivity contribution is 6.00. The van der Waals surface area contributed by atoms with Crippen molar-refractivity contribution in [1.29, 1.82) is 0 Å². The average molecular weight is 261 g/mol. The Morgan fingerprint density at radius 1 is 1.37 bits per heavy atom. The average Bonchev–Trinajstić information content (AvgIpc) is 2.75. The Bertz CT molecular complexity index is 498. The molecule has 0 fully saturated rings. The van der Waals surface area contributed by atoms with Crippen molar-refractivity contribution in [3.8, 4) is 0 Å². The summed E-state index contributed by atoms with van der Waals surface area (Å²) in [6.45, 7) is 6.00. The first-order valence-electron chi connectivity index (χ1n) is 6.64. The lowest BCUT2D eigenvalue weighted by Gasteiger charge is -2.24.